The molecule has 0 spiro atoms. The largest absolute Gasteiger partial charge is 0.300 e. The van der Waals surface area contributed by atoms with Gasteiger partial charge in [0, 0.05) is 6.42 Å². The molecule has 1 heteroatoms. The molecule has 0 saturated heterocycles. The third-order valence-electron chi connectivity index (χ3n) is 1.75. The minimum atomic E-state index is 0.153. The minimum absolute atomic E-state index is 0.153. The van der Waals surface area contributed by atoms with E-state index in [2.05, 4.69) is 20.4 Å². The molecule has 0 aliphatic carbocycles. The molecule has 0 aromatic rings. The second-order valence-electron chi connectivity index (χ2n) is 3.87. The first-order chi connectivity index (χ1) is 4.98. The summed E-state index contributed by atoms with van der Waals surface area (Å²) in [5.41, 5.74) is 0.153. The van der Waals surface area contributed by atoms with E-state index in [-0.39, 0.29) is 11.2 Å². The lowest BCUT2D eigenvalue weighted by Crippen LogP contribution is -2.14. The molecule has 0 aliphatic heterocycles. The maximum Gasteiger partial charge on any atom is 0.130 e. The van der Waals surface area contributed by atoms with Crippen molar-refractivity contribution in [1.82, 2.24) is 0 Å². The molecule has 0 N–H and O–H groups in total. The summed E-state index contributed by atoms with van der Waals surface area (Å²) in [6, 6.07) is 0. The van der Waals surface area contributed by atoms with Gasteiger partial charge in [0.1, 0.15) is 5.78 Å². The summed E-state index contributed by atoms with van der Waals surface area (Å²) in [4.78, 5) is 10.8. The molecular formula is C10H18O. The zero-order valence-electron chi connectivity index (χ0n) is 7.81. The number of rotatable bonds is 5. The van der Waals surface area contributed by atoms with Crippen molar-refractivity contribution in [3.05, 3.63) is 12.7 Å². The molecule has 0 amide bonds. The first-order valence-electron chi connectivity index (χ1n) is 4.08. The Kier molecular flexibility index (Phi) is 4.09. The van der Waals surface area contributed by atoms with Crippen molar-refractivity contribution in [3.8, 4) is 0 Å². The highest BCUT2D eigenvalue weighted by Crippen LogP contribution is 2.26. The third kappa shape index (κ3) is 5.84. The Morgan fingerprint density at radius 1 is 1.55 bits per heavy atom. The van der Waals surface area contributed by atoms with Crippen LogP contribution in [0.3, 0.4) is 0 Å². The van der Waals surface area contributed by atoms with Gasteiger partial charge in [-0.15, -0.1) is 6.58 Å². The molecule has 0 bridgehead atoms. The van der Waals surface area contributed by atoms with E-state index in [1.54, 1.807) is 6.92 Å². The Balaban J connectivity index is 3.78. The molecule has 0 aromatic heterocycles. The molecule has 1 nitrogen and oxygen atoms in total. The highest BCUT2D eigenvalue weighted by atomic mass is 16.1. The molecule has 0 fully saturated rings. The fourth-order valence-corrected chi connectivity index (χ4v) is 1.26. The Labute approximate surface area is 69.5 Å². The van der Waals surface area contributed by atoms with Gasteiger partial charge in [-0.2, -0.15) is 0 Å². The quantitative estimate of drug-likeness (QED) is 0.556. The van der Waals surface area contributed by atoms with Crippen LogP contribution < -0.4 is 0 Å². The standard InChI is InChI=1S/C10H18O/c1-5-6-7-10(3,4)8-9(2)11/h5H,1,6-8H2,2-4H3. The lowest BCUT2D eigenvalue weighted by atomic mass is 9.83. The summed E-state index contributed by atoms with van der Waals surface area (Å²) in [5.74, 6) is 0.277. The number of carbonyl (C=O) groups excluding carboxylic acids is 1. The van der Waals surface area contributed by atoms with Crippen LogP contribution in [-0.2, 0) is 4.79 Å². The van der Waals surface area contributed by atoms with E-state index in [4.69, 9.17) is 0 Å². The molecule has 0 atom stereocenters. The van der Waals surface area contributed by atoms with Gasteiger partial charge in [-0.05, 0) is 25.2 Å². The number of Topliss-reactive ketones (excluding diaryl/α,β-unsaturated/α-hetero) is 1. The molecule has 0 rings (SSSR count). The zero-order chi connectivity index (χ0) is 8.91. The Morgan fingerprint density at radius 3 is 2.45 bits per heavy atom. The van der Waals surface area contributed by atoms with Gasteiger partial charge >= 0.3 is 0 Å². The van der Waals surface area contributed by atoms with Crippen molar-refractivity contribution >= 4 is 5.78 Å². The van der Waals surface area contributed by atoms with Gasteiger partial charge < -0.3 is 4.79 Å². The van der Waals surface area contributed by atoms with Crippen LogP contribution in [0.15, 0.2) is 12.7 Å². The van der Waals surface area contributed by atoms with E-state index in [0.29, 0.717) is 6.42 Å². The van der Waals surface area contributed by atoms with Crippen LogP contribution >= 0.6 is 0 Å². The number of allylic oxidation sites excluding steroid dienone is 1. The van der Waals surface area contributed by atoms with Gasteiger partial charge in [-0.1, -0.05) is 19.9 Å². The molecule has 64 valence electrons. The van der Waals surface area contributed by atoms with Crippen molar-refractivity contribution in [2.24, 2.45) is 5.41 Å². The predicted octanol–water partition coefficient (Wildman–Crippen LogP) is 2.96. The average Bonchev–Trinajstić information content (AvgIpc) is 1.81. The van der Waals surface area contributed by atoms with Crippen LogP contribution in [0.4, 0.5) is 0 Å². The fraction of sp³-hybridized carbons (Fsp3) is 0.700. The highest BCUT2D eigenvalue weighted by molar-refractivity contribution is 5.76. The summed E-state index contributed by atoms with van der Waals surface area (Å²) in [6.45, 7) is 9.55. The third-order valence-corrected chi connectivity index (χ3v) is 1.75. The molecule has 0 saturated carbocycles. The smallest absolute Gasteiger partial charge is 0.130 e. The first kappa shape index (κ1) is 10.4. The number of ketones is 1. The molecular weight excluding hydrogens is 136 g/mol. The monoisotopic (exact) mass is 154 g/mol. The van der Waals surface area contributed by atoms with Crippen LogP contribution in [0, 0.1) is 5.41 Å². The molecule has 11 heavy (non-hydrogen) atoms. The van der Waals surface area contributed by atoms with Crippen LogP contribution in [-0.4, -0.2) is 5.78 Å². The number of hydrogen-bond acceptors (Lipinski definition) is 1. The fourth-order valence-electron chi connectivity index (χ4n) is 1.26. The molecule has 0 unspecified atom stereocenters. The topological polar surface area (TPSA) is 17.1 Å². The van der Waals surface area contributed by atoms with Crippen LogP contribution in [0.25, 0.3) is 0 Å². The van der Waals surface area contributed by atoms with E-state index in [0.717, 1.165) is 12.8 Å². The summed E-state index contributed by atoms with van der Waals surface area (Å²) < 4.78 is 0. The van der Waals surface area contributed by atoms with Gasteiger partial charge in [0.2, 0.25) is 0 Å². The van der Waals surface area contributed by atoms with Crippen LogP contribution in [0.2, 0.25) is 0 Å². The highest BCUT2D eigenvalue weighted by Gasteiger charge is 2.18. The van der Waals surface area contributed by atoms with E-state index < -0.39 is 0 Å². The molecule has 0 aliphatic rings. The minimum Gasteiger partial charge on any atom is -0.300 e. The molecule has 0 heterocycles. The van der Waals surface area contributed by atoms with Gasteiger partial charge in [0.05, 0.1) is 0 Å². The maximum absolute atomic E-state index is 10.8. The first-order valence-corrected chi connectivity index (χ1v) is 4.08. The van der Waals surface area contributed by atoms with E-state index in [1.165, 1.54) is 0 Å². The second kappa shape index (κ2) is 4.32. The van der Waals surface area contributed by atoms with Crippen molar-refractivity contribution in [2.75, 3.05) is 0 Å². The van der Waals surface area contributed by atoms with Crippen molar-refractivity contribution in [2.45, 2.75) is 40.0 Å². The second-order valence-corrected chi connectivity index (χ2v) is 3.87. The Morgan fingerprint density at radius 2 is 2.09 bits per heavy atom. The number of hydrogen-bond donors (Lipinski definition) is 0. The maximum atomic E-state index is 10.8. The zero-order valence-corrected chi connectivity index (χ0v) is 7.81. The van der Waals surface area contributed by atoms with Crippen LogP contribution in [0.5, 0.6) is 0 Å². The average molecular weight is 154 g/mol. The van der Waals surface area contributed by atoms with Gasteiger partial charge in [0.15, 0.2) is 0 Å². The summed E-state index contributed by atoms with van der Waals surface area (Å²) in [7, 11) is 0. The molecule has 0 radical (unpaired) electrons. The predicted molar refractivity (Wildman–Crippen MR) is 48.5 cm³/mol. The summed E-state index contributed by atoms with van der Waals surface area (Å²) in [6.07, 6.45) is 4.64. The number of carbonyl (C=O) groups is 1. The summed E-state index contributed by atoms with van der Waals surface area (Å²) in [5, 5.41) is 0. The SMILES string of the molecule is C=CCCC(C)(C)CC(C)=O. The molecule has 0 aromatic carbocycles. The van der Waals surface area contributed by atoms with Gasteiger partial charge in [-0.3, -0.25) is 0 Å². The van der Waals surface area contributed by atoms with Crippen LogP contribution in [0.1, 0.15) is 40.0 Å². The van der Waals surface area contributed by atoms with E-state index in [1.807, 2.05) is 6.08 Å². The lowest BCUT2D eigenvalue weighted by molar-refractivity contribution is -0.118. The normalized spacial score (nSPS) is 11.2. The lowest BCUT2D eigenvalue weighted by Gasteiger charge is -2.21. The van der Waals surface area contributed by atoms with Crippen molar-refractivity contribution in [1.29, 1.82) is 0 Å². The van der Waals surface area contributed by atoms with Gasteiger partial charge in [0.25, 0.3) is 0 Å². The Bertz CT molecular complexity index is 145. The van der Waals surface area contributed by atoms with Crippen molar-refractivity contribution in [3.63, 3.8) is 0 Å². The van der Waals surface area contributed by atoms with Crippen molar-refractivity contribution < 1.29 is 4.79 Å². The summed E-state index contributed by atoms with van der Waals surface area (Å²) >= 11 is 0. The van der Waals surface area contributed by atoms with E-state index >= 15 is 0 Å². The van der Waals surface area contributed by atoms with E-state index in [9.17, 15) is 4.79 Å². The van der Waals surface area contributed by atoms with Gasteiger partial charge in [-0.25, -0.2) is 0 Å². The Hall–Kier alpha value is -0.590.